The molecule has 1 saturated carbocycles. The maximum absolute atomic E-state index is 13.6. The van der Waals surface area contributed by atoms with E-state index in [1.54, 1.807) is 12.1 Å². The van der Waals surface area contributed by atoms with Gasteiger partial charge in [0, 0.05) is 12.2 Å². The van der Waals surface area contributed by atoms with E-state index in [9.17, 15) is 4.39 Å². The average Bonchev–Trinajstić information content (AvgIpc) is 3.07. The number of nitrogens with zero attached hydrogens (tertiary/aromatic N) is 3. The van der Waals surface area contributed by atoms with Gasteiger partial charge < -0.3 is 9.30 Å². The van der Waals surface area contributed by atoms with Gasteiger partial charge >= 0.3 is 0 Å². The van der Waals surface area contributed by atoms with Crippen molar-refractivity contribution in [3.63, 3.8) is 0 Å². The zero-order valence-corrected chi connectivity index (χ0v) is 17.1. The molecule has 0 radical (unpaired) electrons. The smallest absolute Gasteiger partial charge is 0.145 e. The van der Waals surface area contributed by atoms with Crippen molar-refractivity contribution in [2.45, 2.75) is 38.0 Å². The number of hydrogen-bond donors (Lipinski definition) is 0. The van der Waals surface area contributed by atoms with Crippen molar-refractivity contribution in [3.8, 4) is 0 Å². The molecule has 0 bridgehead atoms. The van der Waals surface area contributed by atoms with Gasteiger partial charge in [0.05, 0.1) is 18.1 Å². The summed E-state index contributed by atoms with van der Waals surface area (Å²) < 4.78 is 21.9. The molecule has 1 aliphatic rings. The SMILES string of the molecule is Fc1cccc(Cc2cn([C@H]3C[C@H](OCc4ccccc4)C3)c3ncnc(Cl)c23)c1. The summed E-state index contributed by atoms with van der Waals surface area (Å²) >= 11 is 6.42. The van der Waals surface area contributed by atoms with Crippen LogP contribution in [-0.2, 0) is 17.8 Å². The van der Waals surface area contributed by atoms with Gasteiger partial charge in [0.15, 0.2) is 0 Å². The molecule has 2 heterocycles. The Labute approximate surface area is 179 Å². The maximum Gasteiger partial charge on any atom is 0.145 e. The van der Waals surface area contributed by atoms with Crippen molar-refractivity contribution in [2.24, 2.45) is 0 Å². The third-order valence-electron chi connectivity index (χ3n) is 5.72. The second-order valence-electron chi connectivity index (χ2n) is 7.78. The third-order valence-corrected chi connectivity index (χ3v) is 6.00. The highest BCUT2D eigenvalue weighted by Gasteiger charge is 2.33. The Morgan fingerprint density at radius 2 is 1.83 bits per heavy atom. The molecule has 30 heavy (non-hydrogen) atoms. The van der Waals surface area contributed by atoms with Gasteiger partial charge in [-0.15, -0.1) is 0 Å². The van der Waals surface area contributed by atoms with Crippen LogP contribution in [0.4, 0.5) is 4.39 Å². The number of hydrogen-bond acceptors (Lipinski definition) is 3. The maximum atomic E-state index is 13.6. The topological polar surface area (TPSA) is 39.9 Å². The van der Waals surface area contributed by atoms with Crippen LogP contribution in [-0.4, -0.2) is 20.6 Å². The lowest BCUT2D eigenvalue weighted by Gasteiger charge is -2.36. The first kappa shape index (κ1) is 19.2. The van der Waals surface area contributed by atoms with Crippen LogP contribution in [0.2, 0.25) is 5.15 Å². The highest BCUT2D eigenvalue weighted by atomic mass is 35.5. The van der Waals surface area contributed by atoms with Gasteiger partial charge in [0.2, 0.25) is 0 Å². The van der Waals surface area contributed by atoms with Gasteiger partial charge in [-0.05, 0) is 48.1 Å². The number of benzene rings is 2. The summed E-state index contributed by atoms with van der Waals surface area (Å²) in [6.45, 7) is 0.628. The van der Waals surface area contributed by atoms with Crippen molar-refractivity contribution < 1.29 is 9.13 Å². The molecule has 2 aromatic heterocycles. The molecular formula is C24H21ClFN3O. The van der Waals surface area contributed by atoms with Crippen LogP contribution in [0.1, 0.15) is 35.6 Å². The quantitative estimate of drug-likeness (QED) is 0.373. The van der Waals surface area contributed by atoms with E-state index < -0.39 is 0 Å². The van der Waals surface area contributed by atoms with Crippen molar-refractivity contribution in [1.29, 1.82) is 0 Å². The van der Waals surface area contributed by atoms with Crippen LogP contribution in [0.5, 0.6) is 0 Å². The lowest BCUT2D eigenvalue weighted by molar-refractivity contribution is -0.0348. The van der Waals surface area contributed by atoms with E-state index in [0.29, 0.717) is 24.2 Å². The van der Waals surface area contributed by atoms with E-state index in [1.165, 1.54) is 18.0 Å². The molecule has 0 aliphatic heterocycles. The van der Waals surface area contributed by atoms with Crippen molar-refractivity contribution in [1.82, 2.24) is 14.5 Å². The fraction of sp³-hybridized carbons (Fsp3) is 0.250. The highest BCUT2D eigenvalue weighted by molar-refractivity contribution is 6.34. The van der Waals surface area contributed by atoms with Gasteiger partial charge in [-0.2, -0.15) is 0 Å². The molecule has 4 aromatic rings. The molecule has 0 N–H and O–H groups in total. The van der Waals surface area contributed by atoms with Gasteiger partial charge in [-0.1, -0.05) is 54.1 Å². The van der Waals surface area contributed by atoms with Crippen LogP contribution in [0.3, 0.4) is 0 Å². The van der Waals surface area contributed by atoms with E-state index in [0.717, 1.165) is 35.0 Å². The van der Waals surface area contributed by atoms with Crippen LogP contribution < -0.4 is 0 Å². The molecule has 2 aromatic carbocycles. The number of ether oxygens (including phenoxy) is 1. The van der Waals surface area contributed by atoms with Gasteiger partial charge in [-0.25, -0.2) is 14.4 Å². The second-order valence-corrected chi connectivity index (χ2v) is 8.13. The molecule has 6 heteroatoms. The Morgan fingerprint density at radius 3 is 2.63 bits per heavy atom. The fourth-order valence-electron chi connectivity index (χ4n) is 4.09. The number of fused-ring (bicyclic) bond motifs is 1. The van der Waals surface area contributed by atoms with Crippen LogP contribution in [0, 0.1) is 5.82 Å². The summed E-state index contributed by atoms with van der Waals surface area (Å²) in [7, 11) is 0. The second kappa shape index (κ2) is 8.17. The Kier molecular flexibility index (Phi) is 5.23. The largest absolute Gasteiger partial charge is 0.373 e. The minimum absolute atomic E-state index is 0.233. The predicted molar refractivity (Wildman–Crippen MR) is 115 cm³/mol. The minimum atomic E-state index is -0.240. The fourth-order valence-corrected chi connectivity index (χ4v) is 4.34. The minimum Gasteiger partial charge on any atom is -0.373 e. The van der Waals surface area contributed by atoms with Gasteiger partial charge in [-0.3, -0.25) is 0 Å². The first-order valence-corrected chi connectivity index (χ1v) is 10.4. The molecule has 0 spiro atoms. The van der Waals surface area contributed by atoms with E-state index in [1.807, 2.05) is 24.3 Å². The first-order chi connectivity index (χ1) is 14.7. The Bertz CT molecular complexity index is 1170. The molecule has 1 fully saturated rings. The van der Waals surface area contributed by atoms with Gasteiger partial charge in [0.1, 0.15) is 22.9 Å². The lowest BCUT2D eigenvalue weighted by atomic mass is 9.89. The zero-order valence-electron chi connectivity index (χ0n) is 16.3. The van der Waals surface area contributed by atoms with E-state index in [-0.39, 0.29) is 11.9 Å². The third kappa shape index (κ3) is 3.83. The molecule has 0 amide bonds. The normalized spacial score (nSPS) is 18.5. The summed E-state index contributed by atoms with van der Waals surface area (Å²) in [4.78, 5) is 8.66. The summed E-state index contributed by atoms with van der Waals surface area (Å²) in [5, 5.41) is 1.28. The molecule has 152 valence electrons. The number of rotatable bonds is 6. The van der Waals surface area contributed by atoms with Crippen LogP contribution in [0.15, 0.2) is 67.1 Å². The molecule has 4 nitrogen and oxygen atoms in total. The molecule has 1 aliphatic carbocycles. The first-order valence-electron chi connectivity index (χ1n) is 10.1. The van der Waals surface area contributed by atoms with Gasteiger partial charge in [0.25, 0.3) is 0 Å². The zero-order chi connectivity index (χ0) is 20.5. The lowest BCUT2D eigenvalue weighted by Crippen LogP contribution is -2.33. The van der Waals surface area contributed by atoms with Crippen LogP contribution in [0.25, 0.3) is 11.0 Å². The number of halogens is 2. The summed E-state index contributed by atoms with van der Waals surface area (Å²) in [5.74, 6) is -0.240. The van der Waals surface area contributed by atoms with Crippen LogP contribution >= 0.6 is 11.6 Å². The number of aromatic nitrogens is 3. The Balaban J connectivity index is 1.35. The van der Waals surface area contributed by atoms with E-state index in [2.05, 4.69) is 32.9 Å². The van der Waals surface area contributed by atoms with Crippen molar-refractivity contribution >= 4 is 22.6 Å². The van der Waals surface area contributed by atoms with Crippen molar-refractivity contribution in [3.05, 3.63) is 94.8 Å². The summed E-state index contributed by atoms with van der Waals surface area (Å²) in [5.41, 5.74) is 3.92. The molecule has 0 atom stereocenters. The molecular weight excluding hydrogens is 401 g/mol. The Morgan fingerprint density at radius 1 is 1.03 bits per heavy atom. The highest BCUT2D eigenvalue weighted by Crippen LogP contribution is 2.39. The summed E-state index contributed by atoms with van der Waals surface area (Å²) in [6, 6.07) is 17.2. The molecule has 0 unspecified atom stereocenters. The predicted octanol–water partition coefficient (Wildman–Crippen LogP) is 5.73. The molecule has 5 rings (SSSR count). The summed E-state index contributed by atoms with van der Waals surface area (Å²) in [6.07, 6.45) is 6.25. The standard InChI is InChI=1S/C24H21ClFN3O/c25-23-22-18(9-17-7-4-8-19(26)10-17)13-29(24(22)28-15-27-23)20-11-21(12-20)30-14-16-5-2-1-3-6-16/h1-8,10,13,15,20-21H,9,11-12,14H2/t20-,21-. The van der Waals surface area contributed by atoms with E-state index in [4.69, 9.17) is 16.3 Å². The Hall–Kier alpha value is -2.76. The van der Waals surface area contributed by atoms with E-state index >= 15 is 0 Å². The molecule has 0 saturated heterocycles. The van der Waals surface area contributed by atoms with Crippen molar-refractivity contribution in [2.75, 3.05) is 0 Å². The average molecular weight is 422 g/mol. The monoisotopic (exact) mass is 421 g/mol.